The van der Waals surface area contributed by atoms with Gasteiger partial charge in [0.05, 0.1) is 16.5 Å². The molecule has 0 saturated heterocycles. The summed E-state index contributed by atoms with van der Waals surface area (Å²) in [4.78, 5) is 27.2. The van der Waals surface area contributed by atoms with Gasteiger partial charge in [-0.25, -0.2) is 8.42 Å². The van der Waals surface area contributed by atoms with Gasteiger partial charge < -0.3 is 5.32 Å². The third kappa shape index (κ3) is 4.75. The molecule has 174 valence electrons. The van der Waals surface area contributed by atoms with Crippen molar-refractivity contribution in [2.45, 2.75) is 17.9 Å². The zero-order chi connectivity index (χ0) is 24.5. The molecule has 0 saturated carbocycles. The third-order valence-corrected chi connectivity index (χ3v) is 7.15. The van der Waals surface area contributed by atoms with Gasteiger partial charge in [-0.2, -0.15) is 4.72 Å². The molecule has 1 unspecified atom stereocenters. The number of hydrogen-bond acceptors (Lipinski definition) is 5. The molecule has 1 heterocycles. The maximum absolute atomic E-state index is 13.3. The van der Waals surface area contributed by atoms with E-state index in [2.05, 4.69) is 10.0 Å². The fraction of sp³-hybridized carbons (Fsp3) is 0.120. The Morgan fingerprint density at radius 3 is 2.09 bits per heavy atom. The molecule has 0 radical (unpaired) electrons. The van der Waals surface area contributed by atoms with Gasteiger partial charge in [0.15, 0.2) is 0 Å². The van der Waals surface area contributed by atoms with Crippen molar-refractivity contribution in [3.8, 4) is 0 Å². The Morgan fingerprint density at radius 2 is 1.47 bits per heavy atom. The first-order valence-corrected chi connectivity index (χ1v) is 12.3. The average molecular weight is 496 g/mol. The Bertz CT molecular complexity index is 1370. The van der Waals surface area contributed by atoms with Crippen molar-refractivity contribution in [1.82, 2.24) is 9.62 Å². The summed E-state index contributed by atoms with van der Waals surface area (Å²) in [6, 6.07) is 20.5. The number of aryl methyl sites for hydroxylation is 1. The summed E-state index contributed by atoms with van der Waals surface area (Å²) in [6.07, 6.45) is 0. The zero-order valence-corrected chi connectivity index (χ0v) is 20.0. The first-order valence-electron chi connectivity index (χ1n) is 10.4. The van der Waals surface area contributed by atoms with Gasteiger partial charge in [-0.1, -0.05) is 59.6 Å². The van der Waals surface area contributed by atoms with E-state index >= 15 is 0 Å². The number of amides is 2. The summed E-state index contributed by atoms with van der Waals surface area (Å²) in [6.45, 7) is 1.86. The number of imide groups is 1. The van der Waals surface area contributed by atoms with Crippen LogP contribution in [0.1, 0.15) is 17.2 Å². The fourth-order valence-electron chi connectivity index (χ4n) is 3.61. The average Bonchev–Trinajstić information content (AvgIpc) is 3.03. The molecule has 2 amide bonds. The van der Waals surface area contributed by atoms with Crippen LogP contribution >= 0.6 is 11.6 Å². The van der Waals surface area contributed by atoms with Crippen molar-refractivity contribution < 1.29 is 18.0 Å². The zero-order valence-electron chi connectivity index (χ0n) is 18.4. The van der Waals surface area contributed by atoms with Crippen molar-refractivity contribution >= 4 is 39.1 Å². The van der Waals surface area contributed by atoms with Gasteiger partial charge in [0, 0.05) is 17.8 Å². The quantitative estimate of drug-likeness (QED) is 0.482. The molecule has 3 aromatic carbocycles. The number of anilines is 1. The van der Waals surface area contributed by atoms with E-state index in [0.29, 0.717) is 16.3 Å². The highest BCUT2D eigenvalue weighted by Crippen LogP contribution is 2.33. The topological polar surface area (TPSA) is 95.6 Å². The van der Waals surface area contributed by atoms with Gasteiger partial charge in [-0.3, -0.25) is 14.5 Å². The second kappa shape index (κ2) is 9.42. The van der Waals surface area contributed by atoms with Crippen LogP contribution in [-0.4, -0.2) is 32.2 Å². The van der Waals surface area contributed by atoms with E-state index in [4.69, 9.17) is 11.6 Å². The summed E-state index contributed by atoms with van der Waals surface area (Å²) in [7, 11) is -2.67. The summed E-state index contributed by atoms with van der Waals surface area (Å²) in [5.74, 6) is -1.16. The minimum Gasteiger partial charge on any atom is -0.351 e. The number of nitrogens with one attached hydrogen (secondary N) is 2. The van der Waals surface area contributed by atoms with E-state index in [1.807, 2.05) is 6.92 Å². The maximum Gasteiger partial charge on any atom is 0.277 e. The number of halogens is 1. The Kier molecular flexibility index (Phi) is 6.56. The number of rotatable bonds is 7. The van der Waals surface area contributed by atoms with Gasteiger partial charge in [-0.15, -0.1) is 0 Å². The normalized spacial score (nSPS) is 15.1. The van der Waals surface area contributed by atoms with E-state index < -0.39 is 27.9 Å². The van der Waals surface area contributed by atoms with Gasteiger partial charge >= 0.3 is 0 Å². The highest BCUT2D eigenvalue weighted by atomic mass is 35.5. The van der Waals surface area contributed by atoms with E-state index in [0.717, 1.165) is 10.5 Å². The van der Waals surface area contributed by atoms with Gasteiger partial charge in [0.25, 0.3) is 11.8 Å². The van der Waals surface area contributed by atoms with Crippen LogP contribution in [0.25, 0.3) is 0 Å². The van der Waals surface area contributed by atoms with E-state index in [1.165, 1.54) is 19.2 Å². The first kappa shape index (κ1) is 23.7. The predicted octanol–water partition coefficient (Wildman–Crippen LogP) is 4.03. The van der Waals surface area contributed by atoms with Crippen LogP contribution in [0.2, 0.25) is 5.02 Å². The van der Waals surface area contributed by atoms with Crippen LogP contribution in [0.5, 0.6) is 0 Å². The van der Waals surface area contributed by atoms with Crippen molar-refractivity contribution in [2.24, 2.45) is 0 Å². The van der Waals surface area contributed by atoms with Gasteiger partial charge in [0.1, 0.15) is 5.70 Å². The Hall–Kier alpha value is -3.46. The molecule has 2 N–H and O–H groups in total. The highest BCUT2D eigenvalue weighted by molar-refractivity contribution is 7.89. The van der Waals surface area contributed by atoms with E-state index in [9.17, 15) is 18.0 Å². The monoisotopic (exact) mass is 495 g/mol. The molecule has 3 aromatic rings. The predicted molar refractivity (Wildman–Crippen MR) is 131 cm³/mol. The second-order valence-corrected chi connectivity index (χ2v) is 10.0. The number of hydrogen-bond donors (Lipinski definition) is 2. The highest BCUT2D eigenvalue weighted by Gasteiger charge is 2.42. The van der Waals surface area contributed by atoms with E-state index in [1.54, 1.807) is 66.7 Å². The molecule has 4 rings (SSSR count). The number of benzene rings is 3. The fourth-order valence-corrected chi connectivity index (χ4v) is 4.93. The molecule has 0 aliphatic carbocycles. The lowest BCUT2D eigenvalue weighted by Gasteiger charge is -2.21. The van der Waals surface area contributed by atoms with Crippen LogP contribution in [0, 0.1) is 6.92 Å². The largest absolute Gasteiger partial charge is 0.351 e. The molecule has 1 atom stereocenters. The molecule has 1 aliphatic heterocycles. The lowest BCUT2D eigenvalue weighted by Crippen LogP contribution is -2.34. The molecular formula is C25H22ClN3O4S. The van der Waals surface area contributed by atoms with Crippen LogP contribution < -0.4 is 10.0 Å². The molecular weight excluding hydrogens is 474 g/mol. The molecule has 1 aliphatic rings. The Balaban J connectivity index is 1.83. The molecule has 0 bridgehead atoms. The number of sulfonamides is 1. The number of nitrogens with zero attached hydrogens (tertiary/aromatic N) is 1. The standard InChI is InChI=1S/C25H22ClN3O4S/c1-16-8-14-20(15-9-16)34(32,33)28-22(17-6-4-3-5-7-17)21-23(25(31)29(2)24(21)30)27-19-12-10-18(26)11-13-19/h3-15,22,27-28H,1-2H3. The Morgan fingerprint density at radius 1 is 0.853 bits per heavy atom. The van der Waals surface area contributed by atoms with Crippen LogP contribution in [0.3, 0.4) is 0 Å². The number of carbonyl (C=O) groups excluding carboxylic acids is 2. The van der Waals surface area contributed by atoms with Crippen LogP contribution in [-0.2, 0) is 19.6 Å². The van der Waals surface area contributed by atoms with Crippen molar-refractivity contribution in [1.29, 1.82) is 0 Å². The van der Waals surface area contributed by atoms with Crippen LogP contribution in [0.4, 0.5) is 5.69 Å². The summed E-state index contributed by atoms with van der Waals surface area (Å²) >= 11 is 5.96. The SMILES string of the molecule is Cc1ccc(S(=O)(=O)NC(C2=C(Nc3ccc(Cl)cc3)C(=O)N(C)C2=O)c2ccccc2)cc1. The van der Waals surface area contributed by atoms with Gasteiger partial charge in [-0.05, 0) is 48.9 Å². The minimum atomic E-state index is -4.03. The second-order valence-electron chi connectivity index (χ2n) is 7.87. The smallest absolute Gasteiger partial charge is 0.277 e. The van der Waals surface area contributed by atoms with Crippen molar-refractivity contribution in [3.05, 3.63) is 106 Å². The third-order valence-electron chi connectivity index (χ3n) is 5.46. The van der Waals surface area contributed by atoms with E-state index in [-0.39, 0.29) is 16.2 Å². The number of likely N-dealkylation sites (N-methyl/N-ethyl adjacent to an activating group) is 1. The summed E-state index contributed by atoms with van der Waals surface area (Å²) in [5, 5.41) is 3.50. The summed E-state index contributed by atoms with van der Waals surface area (Å²) < 4.78 is 29.2. The lowest BCUT2D eigenvalue weighted by molar-refractivity contribution is -0.136. The molecule has 9 heteroatoms. The molecule has 7 nitrogen and oxygen atoms in total. The summed E-state index contributed by atoms with van der Waals surface area (Å²) in [5.41, 5.74) is 1.95. The van der Waals surface area contributed by atoms with Crippen molar-refractivity contribution in [3.63, 3.8) is 0 Å². The minimum absolute atomic E-state index is 0.00402. The maximum atomic E-state index is 13.3. The lowest BCUT2D eigenvalue weighted by atomic mass is 9.98. The molecule has 0 aromatic heterocycles. The molecule has 34 heavy (non-hydrogen) atoms. The van der Waals surface area contributed by atoms with Crippen LogP contribution in [0.15, 0.2) is 95.0 Å². The van der Waals surface area contributed by atoms with Crippen molar-refractivity contribution in [2.75, 3.05) is 12.4 Å². The number of carbonyl (C=O) groups is 2. The Labute approximate surface area is 203 Å². The van der Waals surface area contributed by atoms with Gasteiger partial charge in [0.2, 0.25) is 10.0 Å². The first-order chi connectivity index (χ1) is 16.2. The molecule has 0 spiro atoms. The molecule has 0 fully saturated rings.